The Labute approximate surface area is 109 Å². The molecule has 0 spiro atoms. The van der Waals surface area contributed by atoms with E-state index in [9.17, 15) is 14.5 Å². The summed E-state index contributed by atoms with van der Waals surface area (Å²) >= 11 is 0. The van der Waals surface area contributed by atoms with Crippen molar-refractivity contribution in [3.63, 3.8) is 0 Å². The Morgan fingerprint density at radius 1 is 1.42 bits per heavy atom. The number of aryl methyl sites for hydroxylation is 1. The van der Waals surface area contributed by atoms with E-state index in [-0.39, 0.29) is 23.9 Å². The minimum atomic E-state index is -0.510. The SMILES string of the molecule is Cc1cnc(NCc2ccccc2F)c([N+](=O)[O-])c1. The summed E-state index contributed by atoms with van der Waals surface area (Å²) in [4.78, 5) is 14.4. The van der Waals surface area contributed by atoms with Crippen molar-refractivity contribution in [1.29, 1.82) is 0 Å². The molecule has 98 valence electrons. The molecule has 0 saturated heterocycles. The van der Waals surface area contributed by atoms with Crippen LogP contribution < -0.4 is 5.32 Å². The van der Waals surface area contributed by atoms with Gasteiger partial charge in [0.2, 0.25) is 5.82 Å². The molecule has 0 fully saturated rings. The zero-order valence-corrected chi connectivity index (χ0v) is 10.3. The van der Waals surface area contributed by atoms with Crippen molar-refractivity contribution in [2.75, 3.05) is 5.32 Å². The van der Waals surface area contributed by atoms with Crippen LogP contribution in [-0.2, 0) is 6.54 Å². The molecule has 0 saturated carbocycles. The number of nitrogens with zero attached hydrogens (tertiary/aromatic N) is 2. The van der Waals surface area contributed by atoms with E-state index in [1.54, 1.807) is 25.1 Å². The molecule has 0 unspecified atom stereocenters. The van der Waals surface area contributed by atoms with Crippen molar-refractivity contribution in [1.82, 2.24) is 4.98 Å². The minimum absolute atomic E-state index is 0.115. The number of nitrogens with one attached hydrogen (secondary N) is 1. The summed E-state index contributed by atoms with van der Waals surface area (Å²) in [6, 6.07) is 7.68. The van der Waals surface area contributed by atoms with E-state index in [1.165, 1.54) is 18.3 Å². The highest BCUT2D eigenvalue weighted by atomic mass is 19.1. The smallest absolute Gasteiger partial charge is 0.311 e. The van der Waals surface area contributed by atoms with Gasteiger partial charge in [-0.2, -0.15) is 0 Å². The molecule has 1 heterocycles. The van der Waals surface area contributed by atoms with Crippen LogP contribution >= 0.6 is 0 Å². The second-order valence-corrected chi connectivity index (χ2v) is 4.08. The van der Waals surface area contributed by atoms with Gasteiger partial charge in [0.25, 0.3) is 0 Å². The molecule has 6 heteroatoms. The standard InChI is InChI=1S/C13H12FN3O2/c1-9-6-12(17(18)19)13(15-7-9)16-8-10-4-2-3-5-11(10)14/h2-7H,8H2,1H3,(H,15,16). The number of nitro groups is 1. The predicted octanol–water partition coefficient (Wildman–Crippen LogP) is 3.05. The topological polar surface area (TPSA) is 68.1 Å². The second kappa shape index (κ2) is 5.43. The number of halogens is 1. The number of aromatic nitrogens is 1. The Morgan fingerprint density at radius 3 is 2.84 bits per heavy atom. The summed E-state index contributed by atoms with van der Waals surface area (Å²) < 4.78 is 13.4. The molecule has 0 amide bonds. The molecule has 0 aliphatic rings. The molecule has 1 aromatic heterocycles. The van der Waals surface area contributed by atoms with Gasteiger partial charge < -0.3 is 5.32 Å². The van der Waals surface area contributed by atoms with Crippen LogP contribution in [0.25, 0.3) is 0 Å². The molecule has 0 aliphatic carbocycles. The number of benzene rings is 1. The number of anilines is 1. The maximum atomic E-state index is 13.4. The van der Waals surface area contributed by atoms with Gasteiger partial charge in [-0.05, 0) is 18.6 Å². The lowest BCUT2D eigenvalue weighted by Crippen LogP contribution is -2.06. The molecule has 0 bridgehead atoms. The normalized spacial score (nSPS) is 10.2. The van der Waals surface area contributed by atoms with Gasteiger partial charge in [-0.3, -0.25) is 10.1 Å². The van der Waals surface area contributed by atoms with E-state index in [1.807, 2.05) is 0 Å². The highest BCUT2D eigenvalue weighted by Crippen LogP contribution is 2.23. The molecule has 2 aromatic rings. The summed E-state index contributed by atoms with van der Waals surface area (Å²) in [5.74, 6) is -0.219. The predicted molar refractivity (Wildman–Crippen MR) is 69.4 cm³/mol. The largest absolute Gasteiger partial charge is 0.360 e. The van der Waals surface area contributed by atoms with Crippen LogP contribution in [0.2, 0.25) is 0 Å². The van der Waals surface area contributed by atoms with Crippen molar-refractivity contribution in [2.45, 2.75) is 13.5 Å². The molecular weight excluding hydrogens is 249 g/mol. The molecular formula is C13H12FN3O2. The lowest BCUT2D eigenvalue weighted by atomic mass is 10.2. The Bertz CT molecular complexity index is 617. The highest BCUT2D eigenvalue weighted by molar-refractivity contribution is 5.56. The maximum absolute atomic E-state index is 13.4. The fourth-order valence-electron chi connectivity index (χ4n) is 1.65. The Morgan fingerprint density at radius 2 is 2.16 bits per heavy atom. The summed E-state index contributed by atoms with van der Waals surface area (Å²) in [5.41, 5.74) is 1.01. The van der Waals surface area contributed by atoms with E-state index in [2.05, 4.69) is 10.3 Å². The quantitative estimate of drug-likeness (QED) is 0.678. The summed E-state index contributed by atoms with van der Waals surface area (Å²) in [5, 5.41) is 13.7. The zero-order valence-electron chi connectivity index (χ0n) is 10.3. The van der Waals surface area contributed by atoms with Crippen molar-refractivity contribution < 1.29 is 9.31 Å². The van der Waals surface area contributed by atoms with Crippen LogP contribution in [0.15, 0.2) is 36.5 Å². The van der Waals surface area contributed by atoms with Crippen molar-refractivity contribution in [3.05, 3.63) is 63.6 Å². The van der Waals surface area contributed by atoms with Crippen LogP contribution in [0.3, 0.4) is 0 Å². The first-order chi connectivity index (χ1) is 9.08. The fourth-order valence-corrected chi connectivity index (χ4v) is 1.65. The molecule has 5 nitrogen and oxygen atoms in total. The van der Waals surface area contributed by atoms with Crippen molar-refractivity contribution in [2.24, 2.45) is 0 Å². The fraction of sp³-hybridized carbons (Fsp3) is 0.154. The Balaban J connectivity index is 2.20. The van der Waals surface area contributed by atoms with Crippen LogP contribution in [0.5, 0.6) is 0 Å². The molecule has 0 atom stereocenters. The summed E-state index contributed by atoms with van der Waals surface area (Å²) in [7, 11) is 0. The van der Waals surface area contributed by atoms with Gasteiger partial charge in [0.05, 0.1) is 4.92 Å². The van der Waals surface area contributed by atoms with Crippen LogP contribution in [-0.4, -0.2) is 9.91 Å². The molecule has 1 N–H and O–H groups in total. The average Bonchev–Trinajstić information content (AvgIpc) is 2.38. The first-order valence-corrected chi connectivity index (χ1v) is 5.66. The number of hydrogen-bond acceptors (Lipinski definition) is 4. The van der Waals surface area contributed by atoms with Crippen LogP contribution in [0.4, 0.5) is 15.9 Å². The average molecular weight is 261 g/mol. The lowest BCUT2D eigenvalue weighted by Gasteiger charge is -2.07. The first kappa shape index (κ1) is 12.9. The van der Waals surface area contributed by atoms with Gasteiger partial charge in [0, 0.05) is 24.4 Å². The van der Waals surface area contributed by atoms with E-state index >= 15 is 0 Å². The highest BCUT2D eigenvalue weighted by Gasteiger charge is 2.15. The lowest BCUT2D eigenvalue weighted by molar-refractivity contribution is -0.384. The Kier molecular flexibility index (Phi) is 3.70. The number of hydrogen-bond donors (Lipinski definition) is 1. The van der Waals surface area contributed by atoms with Gasteiger partial charge in [-0.15, -0.1) is 0 Å². The third-order valence-corrected chi connectivity index (χ3v) is 2.61. The van der Waals surface area contributed by atoms with Crippen LogP contribution in [0.1, 0.15) is 11.1 Å². The van der Waals surface area contributed by atoms with Gasteiger partial charge in [-0.1, -0.05) is 18.2 Å². The zero-order chi connectivity index (χ0) is 13.8. The summed E-state index contributed by atoms with van der Waals surface area (Å²) in [6.45, 7) is 1.87. The summed E-state index contributed by atoms with van der Waals surface area (Å²) in [6.07, 6.45) is 1.52. The maximum Gasteiger partial charge on any atom is 0.311 e. The number of rotatable bonds is 4. The number of pyridine rings is 1. The van der Waals surface area contributed by atoms with Crippen molar-refractivity contribution in [3.8, 4) is 0 Å². The van der Waals surface area contributed by atoms with E-state index < -0.39 is 4.92 Å². The third-order valence-electron chi connectivity index (χ3n) is 2.61. The Hall–Kier alpha value is -2.50. The van der Waals surface area contributed by atoms with Gasteiger partial charge in [-0.25, -0.2) is 9.37 Å². The minimum Gasteiger partial charge on any atom is -0.360 e. The van der Waals surface area contributed by atoms with Gasteiger partial charge in [0.1, 0.15) is 5.82 Å². The van der Waals surface area contributed by atoms with Crippen LogP contribution in [0, 0.1) is 22.9 Å². The first-order valence-electron chi connectivity index (χ1n) is 5.66. The van der Waals surface area contributed by atoms with E-state index in [0.717, 1.165) is 0 Å². The van der Waals surface area contributed by atoms with Gasteiger partial charge >= 0.3 is 5.69 Å². The molecule has 19 heavy (non-hydrogen) atoms. The van der Waals surface area contributed by atoms with Crippen molar-refractivity contribution >= 4 is 11.5 Å². The molecule has 0 radical (unpaired) electrons. The molecule has 1 aromatic carbocycles. The van der Waals surface area contributed by atoms with E-state index in [0.29, 0.717) is 11.1 Å². The second-order valence-electron chi connectivity index (χ2n) is 4.08. The third kappa shape index (κ3) is 3.04. The van der Waals surface area contributed by atoms with Gasteiger partial charge in [0.15, 0.2) is 0 Å². The molecule has 0 aliphatic heterocycles. The molecule has 2 rings (SSSR count). The monoisotopic (exact) mass is 261 g/mol. The van der Waals surface area contributed by atoms with E-state index in [4.69, 9.17) is 0 Å².